The average Bonchev–Trinajstić information content (AvgIpc) is 2.60. The fourth-order valence-electron chi connectivity index (χ4n) is 2.75. The summed E-state index contributed by atoms with van der Waals surface area (Å²) in [4.78, 5) is 14.2. The zero-order valence-electron chi connectivity index (χ0n) is 15.4. The molecule has 2 aromatic carbocycles. The van der Waals surface area contributed by atoms with Crippen LogP contribution in [0.25, 0.3) is 0 Å². The Balaban J connectivity index is 1.88. The summed E-state index contributed by atoms with van der Waals surface area (Å²) in [6.45, 7) is 8.57. The summed E-state index contributed by atoms with van der Waals surface area (Å²) >= 11 is 0. The highest BCUT2D eigenvalue weighted by molar-refractivity contribution is 5.91. The predicted octanol–water partition coefficient (Wildman–Crippen LogP) is 4.56. The highest BCUT2D eigenvalue weighted by atomic mass is 19.1. The second kappa shape index (κ2) is 9.17. The summed E-state index contributed by atoms with van der Waals surface area (Å²) in [5.74, 6) is -1.79. The van der Waals surface area contributed by atoms with Crippen molar-refractivity contribution >= 4 is 23.0 Å². The van der Waals surface area contributed by atoms with Crippen LogP contribution < -0.4 is 15.5 Å². The van der Waals surface area contributed by atoms with Crippen molar-refractivity contribution in [1.29, 1.82) is 0 Å². The zero-order chi connectivity index (χ0) is 19.1. The van der Waals surface area contributed by atoms with E-state index in [9.17, 15) is 13.6 Å². The topological polar surface area (TPSA) is 44.4 Å². The number of hydrogen-bond donors (Lipinski definition) is 2. The molecule has 140 valence electrons. The smallest absolute Gasteiger partial charge is 0.226 e. The Bertz CT molecular complexity index is 761. The molecule has 0 saturated carbocycles. The largest absolute Gasteiger partial charge is 0.384 e. The van der Waals surface area contributed by atoms with Crippen LogP contribution in [-0.4, -0.2) is 25.5 Å². The van der Waals surface area contributed by atoms with Gasteiger partial charge in [0, 0.05) is 43.5 Å². The lowest BCUT2D eigenvalue weighted by atomic mass is 10.1. The molecule has 0 aliphatic rings. The number of nitrogens with zero attached hydrogens (tertiary/aromatic N) is 1. The van der Waals surface area contributed by atoms with Crippen LogP contribution in [0.2, 0.25) is 0 Å². The van der Waals surface area contributed by atoms with E-state index in [-0.39, 0.29) is 18.0 Å². The van der Waals surface area contributed by atoms with Crippen molar-refractivity contribution in [2.45, 2.75) is 27.2 Å². The number of halogens is 2. The molecule has 0 atom stereocenters. The maximum atomic E-state index is 13.5. The van der Waals surface area contributed by atoms with Gasteiger partial charge in [0.1, 0.15) is 11.6 Å². The van der Waals surface area contributed by atoms with Gasteiger partial charge in [0.25, 0.3) is 0 Å². The van der Waals surface area contributed by atoms with Crippen LogP contribution >= 0.6 is 0 Å². The van der Waals surface area contributed by atoms with Gasteiger partial charge in [-0.05, 0) is 56.7 Å². The highest BCUT2D eigenvalue weighted by Gasteiger charge is 2.09. The predicted molar refractivity (Wildman–Crippen MR) is 103 cm³/mol. The Morgan fingerprint density at radius 3 is 2.35 bits per heavy atom. The number of amides is 1. The van der Waals surface area contributed by atoms with E-state index in [2.05, 4.69) is 41.5 Å². The number of aryl methyl sites for hydroxylation is 1. The summed E-state index contributed by atoms with van der Waals surface area (Å²) in [7, 11) is 0. The first kappa shape index (κ1) is 19.7. The van der Waals surface area contributed by atoms with Gasteiger partial charge in [0.2, 0.25) is 5.91 Å². The van der Waals surface area contributed by atoms with Gasteiger partial charge >= 0.3 is 0 Å². The third kappa shape index (κ3) is 5.18. The molecular formula is C20H25F2N3O. The average molecular weight is 361 g/mol. The quantitative estimate of drug-likeness (QED) is 0.724. The molecule has 0 aromatic heterocycles. The maximum Gasteiger partial charge on any atom is 0.226 e. The van der Waals surface area contributed by atoms with Gasteiger partial charge in [-0.25, -0.2) is 8.78 Å². The fourth-order valence-corrected chi connectivity index (χ4v) is 2.75. The minimum absolute atomic E-state index is 0.0174. The molecule has 2 rings (SSSR count). The Hall–Kier alpha value is -2.63. The van der Waals surface area contributed by atoms with E-state index in [4.69, 9.17) is 0 Å². The van der Waals surface area contributed by atoms with E-state index < -0.39 is 11.6 Å². The molecule has 0 saturated heterocycles. The Kier molecular flexibility index (Phi) is 6.95. The van der Waals surface area contributed by atoms with E-state index >= 15 is 0 Å². The molecule has 6 heteroatoms. The molecule has 0 bridgehead atoms. The van der Waals surface area contributed by atoms with Crippen LogP contribution in [0.5, 0.6) is 0 Å². The van der Waals surface area contributed by atoms with Gasteiger partial charge in [0.15, 0.2) is 0 Å². The van der Waals surface area contributed by atoms with Gasteiger partial charge in [0.05, 0.1) is 5.69 Å². The minimum Gasteiger partial charge on any atom is -0.384 e. The molecule has 1 amide bonds. The van der Waals surface area contributed by atoms with Crippen molar-refractivity contribution < 1.29 is 13.6 Å². The van der Waals surface area contributed by atoms with Gasteiger partial charge in [-0.1, -0.05) is 0 Å². The SMILES string of the molecule is CCN(CC)c1ccc(NCCC(=O)Nc2ccc(F)cc2F)c(C)c1. The monoisotopic (exact) mass is 361 g/mol. The summed E-state index contributed by atoms with van der Waals surface area (Å²) in [5.41, 5.74) is 3.21. The number of benzene rings is 2. The molecule has 0 heterocycles. The lowest BCUT2D eigenvalue weighted by Gasteiger charge is -2.22. The van der Waals surface area contributed by atoms with E-state index in [1.54, 1.807) is 0 Å². The molecule has 0 aliphatic carbocycles. The number of nitrogens with one attached hydrogen (secondary N) is 2. The van der Waals surface area contributed by atoms with Crippen molar-refractivity contribution in [3.05, 3.63) is 53.6 Å². The molecule has 0 fully saturated rings. The van der Waals surface area contributed by atoms with Gasteiger partial charge in [-0.3, -0.25) is 4.79 Å². The third-order valence-corrected chi connectivity index (χ3v) is 4.21. The van der Waals surface area contributed by atoms with Crippen molar-refractivity contribution in [3.63, 3.8) is 0 Å². The minimum atomic E-state index is -0.783. The normalized spacial score (nSPS) is 10.5. The first-order valence-corrected chi connectivity index (χ1v) is 8.79. The van der Waals surface area contributed by atoms with Crippen LogP contribution in [0.4, 0.5) is 25.8 Å². The van der Waals surface area contributed by atoms with E-state index in [1.807, 2.05) is 13.0 Å². The Morgan fingerprint density at radius 2 is 1.73 bits per heavy atom. The molecule has 2 aromatic rings. The first-order valence-electron chi connectivity index (χ1n) is 8.79. The summed E-state index contributed by atoms with van der Waals surface area (Å²) in [6, 6.07) is 9.23. The molecule has 26 heavy (non-hydrogen) atoms. The maximum absolute atomic E-state index is 13.5. The second-order valence-electron chi connectivity index (χ2n) is 6.02. The Labute approximate surface area is 153 Å². The molecule has 4 nitrogen and oxygen atoms in total. The summed E-state index contributed by atoms with van der Waals surface area (Å²) < 4.78 is 26.4. The van der Waals surface area contributed by atoms with Gasteiger partial charge < -0.3 is 15.5 Å². The van der Waals surface area contributed by atoms with Crippen molar-refractivity contribution in [2.75, 3.05) is 35.2 Å². The highest BCUT2D eigenvalue weighted by Crippen LogP contribution is 2.22. The van der Waals surface area contributed by atoms with Gasteiger partial charge in [-0.2, -0.15) is 0 Å². The van der Waals surface area contributed by atoms with Crippen LogP contribution in [-0.2, 0) is 4.79 Å². The second-order valence-corrected chi connectivity index (χ2v) is 6.02. The van der Waals surface area contributed by atoms with Crippen LogP contribution in [0.3, 0.4) is 0 Å². The van der Waals surface area contributed by atoms with Gasteiger partial charge in [-0.15, -0.1) is 0 Å². The molecule has 0 radical (unpaired) electrons. The molecule has 2 N–H and O–H groups in total. The lowest BCUT2D eigenvalue weighted by molar-refractivity contribution is -0.116. The first-order chi connectivity index (χ1) is 12.4. The molecule has 0 aliphatic heterocycles. The Morgan fingerprint density at radius 1 is 1.04 bits per heavy atom. The van der Waals surface area contributed by atoms with E-state index in [1.165, 1.54) is 11.8 Å². The van der Waals surface area contributed by atoms with Crippen LogP contribution in [0, 0.1) is 18.6 Å². The van der Waals surface area contributed by atoms with Crippen molar-refractivity contribution in [3.8, 4) is 0 Å². The number of anilines is 3. The zero-order valence-corrected chi connectivity index (χ0v) is 15.4. The molecular weight excluding hydrogens is 336 g/mol. The lowest BCUT2D eigenvalue weighted by Crippen LogP contribution is -2.22. The molecule has 0 spiro atoms. The third-order valence-electron chi connectivity index (χ3n) is 4.21. The summed E-state index contributed by atoms with van der Waals surface area (Å²) in [6.07, 6.45) is 0.175. The number of carbonyl (C=O) groups excluding carboxylic acids is 1. The fraction of sp³-hybridized carbons (Fsp3) is 0.350. The number of hydrogen-bond acceptors (Lipinski definition) is 3. The van der Waals surface area contributed by atoms with Crippen molar-refractivity contribution in [1.82, 2.24) is 0 Å². The number of rotatable bonds is 8. The van der Waals surface area contributed by atoms with E-state index in [0.29, 0.717) is 6.54 Å². The standard InChI is InChI=1S/C20H25F2N3O/c1-4-25(5-2)16-7-9-18(14(3)12-16)23-11-10-20(26)24-19-8-6-15(21)13-17(19)22/h6-9,12-13,23H,4-5,10-11H2,1-3H3,(H,24,26). The van der Waals surface area contributed by atoms with E-state index in [0.717, 1.165) is 36.5 Å². The number of carbonyl (C=O) groups is 1. The summed E-state index contributed by atoms with van der Waals surface area (Å²) in [5, 5.41) is 5.67. The van der Waals surface area contributed by atoms with Crippen LogP contribution in [0.1, 0.15) is 25.8 Å². The van der Waals surface area contributed by atoms with Crippen molar-refractivity contribution in [2.24, 2.45) is 0 Å². The van der Waals surface area contributed by atoms with Crippen LogP contribution in [0.15, 0.2) is 36.4 Å². The molecule has 0 unspecified atom stereocenters.